The van der Waals surface area contributed by atoms with Crippen LogP contribution in [-0.2, 0) is 14.3 Å². The molecule has 1 aromatic rings. The Kier molecular flexibility index (Phi) is 4.58. The van der Waals surface area contributed by atoms with Crippen LogP contribution in [0.3, 0.4) is 0 Å². The summed E-state index contributed by atoms with van der Waals surface area (Å²) in [6.07, 6.45) is -0.278. The molecule has 1 aliphatic heterocycles. The molecule has 5 nitrogen and oxygen atoms in total. The van der Waals surface area contributed by atoms with Crippen LogP contribution in [0, 0.1) is 0 Å². The number of hydrogen-bond acceptors (Lipinski definition) is 4. The molecule has 0 radical (unpaired) electrons. The van der Waals surface area contributed by atoms with Crippen LogP contribution in [0.15, 0.2) is 30.3 Å². The smallest absolute Gasteiger partial charge is 0.313 e. The van der Waals surface area contributed by atoms with Crippen molar-refractivity contribution in [3.63, 3.8) is 0 Å². The summed E-state index contributed by atoms with van der Waals surface area (Å²) in [5.41, 5.74) is 0.978. The number of ether oxygens (including phenoxy) is 1. The highest BCUT2D eigenvalue weighted by atomic mass is 32.2. The van der Waals surface area contributed by atoms with Gasteiger partial charge < -0.3 is 14.7 Å². The summed E-state index contributed by atoms with van der Waals surface area (Å²) in [6.45, 7) is 3.57. The van der Waals surface area contributed by atoms with Crippen molar-refractivity contribution >= 4 is 23.6 Å². The molecule has 6 heteroatoms. The molecule has 2 rings (SSSR count). The Morgan fingerprint density at radius 1 is 1.43 bits per heavy atom. The SMILES string of the molecule is C[C@H]1[C@@H](c2ccccc2)O[C@](C)(SCC(=O)O)C(=O)N1C. The highest BCUT2D eigenvalue weighted by Crippen LogP contribution is 2.41. The van der Waals surface area contributed by atoms with Crippen molar-refractivity contribution in [1.29, 1.82) is 0 Å². The lowest BCUT2D eigenvalue weighted by Crippen LogP contribution is -2.57. The molecule has 1 fully saturated rings. The zero-order chi connectivity index (χ0) is 15.6. The minimum atomic E-state index is -1.18. The monoisotopic (exact) mass is 309 g/mol. The number of thioether (sulfide) groups is 1. The number of benzene rings is 1. The van der Waals surface area contributed by atoms with Crippen molar-refractivity contribution in [3.8, 4) is 0 Å². The summed E-state index contributed by atoms with van der Waals surface area (Å²) in [5, 5.41) is 8.84. The highest BCUT2D eigenvalue weighted by Gasteiger charge is 2.48. The van der Waals surface area contributed by atoms with Gasteiger partial charge in [0.15, 0.2) is 4.93 Å². The molecule has 0 aliphatic carbocycles. The molecule has 0 spiro atoms. The Morgan fingerprint density at radius 3 is 2.62 bits per heavy atom. The van der Waals surface area contributed by atoms with Gasteiger partial charge in [0.2, 0.25) is 0 Å². The van der Waals surface area contributed by atoms with Gasteiger partial charge in [-0.05, 0) is 19.4 Å². The first-order chi connectivity index (χ1) is 9.85. The van der Waals surface area contributed by atoms with Crippen LogP contribution in [0.25, 0.3) is 0 Å². The molecular weight excluding hydrogens is 290 g/mol. The van der Waals surface area contributed by atoms with E-state index in [0.717, 1.165) is 17.3 Å². The van der Waals surface area contributed by atoms with Gasteiger partial charge in [0.05, 0.1) is 11.8 Å². The molecule has 1 amide bonds. The molecular formula is C15H19NO4S. The number of carboxylic acid groups (broad SMARTS) is 1. The van der Waals surface area contributed by atoms with Gasteiger partial charge in [-0.1, -0.05) is 30.3 Å². The van der Waals surface area contributed by atoms with Gasteiger partial charge >= 0.3 is 5.97 Å². The van der Waals surface area contributed by atoms with Crippen LogP contribution in [0.4, 0.5) is 0 Å². The maximum absolute atomic E-state index is 12.4. The fraction of sp³-hybridized carbons (Fsp3) is 0.467. The Balaban J connectivity index is 2.28. The van der Waals surface area contributed by atoms with E-state index in [2.05, 4.69) is 0 Å². The van der Waals surface area contributed by atoms with Gasteiger partial charge in [0, 0.05) is 7.05 Å². The number of nitrogens with zero attached hydrogens (tertiary/aromatic N) is 1. The average molecular weight is 309 g/mol. The molecule has 0 unspecified atom stereocenters. The second kappa shape index (κ2) is 6.07. The van der Waals surface area contributed by atoms with E-state index in [1.54, 1.807) is 18.9 Å². The molecule has 1 N–H and O–H groups in total. The molecule has 1 aliphatic rings. The lowest BCUT2D eigenvalue weighted by atomic mass is 9.99. The highest BCUT2D eigenvalue weighted by molar-refractivity contribution is 8.01. The largest absolute Gasteiger partial charge is 0.481 e. The Labute approximate surface area is 128 Å². The first kappa shape index (κ1) is 15.9. The van der Waals surface area contributed by atoms with Crippen LogP contribution in [-0.4, -0.2) is 45.7 Å². The standard InChI is InChI=1S/C15H19NO4S/c1-10-13(11-7-5-4-6-8-11)20-15(2,14(19)16(10)3)21-9-12(17)18/h4-8,10,13H,9H2,1-3H3,(H,17,18)/t10-,13-,15+/m0/s1. The second-order valence-electron chi connectivity index (χ2n) is 5.23. The van der Waals surface area contributed by atoms with Gasteiger partial charge in [-0.15, -0.1) is 11.8 Å². The predicted molar refractivity (Wildman–Crippen MR) is 81.0 cm³/mol. The van der Waals surface area contributed by atoms with Crippen molar-refractivity contribution in [3.05, 3.63) is 35.9 Å². The van der Waals surface area contributed by atoms with Crippen LogP contribution < -0.4 is 0 Å². The lowest BCUT2D eigenvalue weighted by molar-refractivity contribution is -0.172. The average Bonchev–Trinajstić information content (AvgIpc) is 2.48. The summed E-state index contributed by atoms with van der Waals surface area (Å²) < 4.78 is 6.01. The molecule has 1 aromatic carbocycles. The number of aliphatic carboxylic acids is 1. The van der Waals surface area contributed by atoms with Crippen molar-refractivity contribution in [2.24, 2.45) is 0 Å². The number of rotatable bonds is 4. The first-order valence-electron chi connectivity index (χ1n) is 6.71. The van der Waals surface area contributed by atoms with Crippen LogP contribution in [0.1, 0.15) is 25.5 Å². The minimum Gasteiger partial charge on any atom is -0.481 e. The van der Waals surface area contributed by atoms with E-state index < -0.39 is 10.9 Å². The van der Waals surface area contributed by atoms with Gasteiger partial charge in [-0.3, -0.25) is 9.59 Å². The van der Waals surface area contributed by atoms with Crippen molar-refractivity contribution in [2.75, 3.05) is 12.8 Å². The number of hydrogen-bond donors (Lipinski definition) is 1. The minimum absolute atomic E-state index is 0.113. The molecule has 0 bridgehead atoms. The number of amides is 1. The number of carbonyl (C=O) groups excluding carboxylic acids is 1. The number of carbonyl (C=O) groups is 2. The van der Waals surface area contributed by atoms with E-state index in [1.807, 2.05) is 37.3 Å². The van der Waals surface area contributed by atoms with E-state index in [9.17, 15) is 9.59 Å². The van der Waals surface area contributed by atoms with Crippen LogP contribution in [0.2, 0.25) is 0 Å². The zero-order valence-corrected chi connectivity index (χ0v) is 13.1. The molecule has 114 valence electrons. The fourth-order valence-corrected chi connectivity index (χ4v) is 3.22. The number of likely N-dealkylation sites (N-methyl/N-ethyl adjacent to an activating group) is 1. The van der Waals surface area contributed by atoms with E-state index >= 15 is 0 Å². The maximum atomic E-state index is 12.4. The summed E-state index contributed by atoms with van der Waals surface area (Å²) >= 11 is 1.01. The topological polar surface area (TPSA) is 66.8 Å². The maximum Gasteiger partial charge on any atom is 0.313 e. The van der Waals surface area contributed by atoms with E-state index in [0.29, 0.717) is 0 Å². The van der Waals surface area contributed by atoms with Crippen LogP contribution in [0.5, 0.6) is 0 Å². The lowest BCUT2D eigenvalue weighted by Gasteiger charge is -2.45. The van der Waals surface area contributed by atoms with Crippen LogP contribution >= 0.6 is 11.8 Å². The van der Waals surface area contributed by atoms with Gasteiger partial charge in [-0.2, -0.15) is 0 Å². The summed E-state index contributed by atoms with van der Waals surface area (Å²) in [7, 11) is 1.73. The molecule has 21 heavy (non-hydrogen) atoms. The first-order valence-corrected chi connectivity index (χ1v) is 7.69. The normalized spacial score (nSPS) is 29.5. The van der Waals surface area contributed by atoms with Gasteiger partial charge in [0.1, 0.15) is 6.10 Å². The molecule has 1 saturated heterocycles. The third-order valence-corrected chi connectivity index (χ3v) is 4.92. The van der Waals surface area contributed by atoms with Crippen molar-refractivity contribution < 1.29 is 19.4 Å². The number of carboxylic acids is 1. The summed E-state index contributed by atoms with van der Waals surface area (Å²) in [4.78, 5) is 23.7. The number of morpholine rings is 1. The van der Waals surface area contributed by atoms with E-state index in [4.69, 9.17) is 9.84 Å². The van der Waals surface area contributed by atoms with Crippen molar-refractivity contribution in [1.82, 2.24) is 4.90 Å². The summed E-state index contributed by atoms with van der Waals surface area (Å²) in [6, 6.07) is 9.55. The molecule has 1 heterocycles. The quantitative estimate of drug-likeness (QED) is 0.923. The van der Waals surface area contributed by atoms with E-state index in [1.165, 1.54) is 0 Å². The Bertz CT molecular complexity index is 536. The van der Waals surface area contributed by atoms with Crippen molar-refractivity contribution in [2.45, 2.75) is 30.9 Å². The van der Waals surface area contributed by atoms with Gasteiger partial charge in [0.25, 0.3) is 5.91 Å². The molecule has 3 atom stereocenters. The Morgan fingerprint density at radius 2 is 2.05 bits per heavy atom. The second-order valence-corrected chi connectivity index (χ2v) is 6.59. The Hall–Kier alpha value is -1.53. The zero-order valence-electron chi connectivity index (χ0n) is 12.3. The third-order valence-electron chi connectivity index (χ3n) is 3.71. The predicted octanol–water partition coefficient (Wildman–Crippen LogP) is 2.14. The third kappa shape index (κ3) is 3.22. The van der Waals surface area contributed by atoms with E-state index in [-0.39, 0.29) is 23.8 Å². The summed E-state index contributed by atoms with van der Waals surface area (Å²) in [5.74, 6) is -1.34. The fourth-order valence-electron chi connectivity index (χ4n) is 2.38. The molecule has 0 aromatic heterocycles. The molecule has 0 saturated carbocycles. The van der Waals surface area contributed by atoms with Gasteiger partial charge in [-0.25, -0.2) is 0 Å².